The van der Waals surface area contributed by atoms with Gasteiger partial charge in [-0.15, -0.1) is 11.8 Å². The molecule has 1 heterocycles. The smallest absolute Gasteiger partial charge is 0.273 e. The van der Waals surface area contributed by atoms with E-state index in [1.807, 2.05) is 0 Å². The van der Waals surface area contributed by atoms with Crippen LogP contribution in [0.3, 0.4) is 0 Å². The second-order valence-electron chi connectivity index (χ2n) is 6.54. The average Bonchev–Trinajstić information content (AvgIpc) is 3.08. The summed E-state index contributed by atoms with van der Waals surface area (Å²) in [6.45, 7) is 3.43. The van der Waals surface area contributed by atoms with Crippen LogP contribution in [0.15, 0.2) is 42.5 Å². The van der Waals surface area contributed by atoms with Gasteiger partial charge in [-0.3, -0.25) is 29.9 Å². The molecule has 1 unspecified atom stereocenters. The number of non-ortho nitro benzene ring substituents is 1. The van der Waals surface area contributed by atoms with Gasteiger partial charge in [0, 0.05) is 30.8 Å². The van der Waals surface area contributed by atoms with Crippen molar-refractivity contribution in [2.24, 2.45) is 0 Å². The lowest BCUT2D eigenvalue weighted by Crippen LogP contribution is -2.44. The first-order chi connectivity index (χ1) is 14.8. The lowest BCUT2D eigenvalue weighted by molar-refractivity contribution is -0.384. The Kier molecular flexibility index (Phi) is 6.75. The Morgan fingerprint density at radius 2 is 1.97 bits per heavy atom. The van der Waals surface area contributed by atoms with E-state index in [4.69, 9.17) is 4.74 Å². The van der Waals surface area contributed by atoms with Crippen molar-refractivity contribution >= 4 is 40.9 Å². The zero-order chi connectivity index (χ0) is 22.5. The molecule has 11 heteroatoms. The van der Waals surface area contributed by atoms with E-state index in [0.29, 0.717) is 17.9 Å². The predicted octanol–water partition coefficient (Wildman–Crippen LogP) is 2.87. The van der Waals surface area contributed by atoms with Crippen molar-refractivity contribution in [1.82, 2.24) is 10.4 Å². The first-order valence-electron chi connectivity index (χ1n) is 9.33. The molecule has 0 aromatic heterocycles. The summed E-state index contributed by atoms with van der Waals surface area (Å²) in [6, 6.07) is 10.4. The number of ether oxygens (including phenoxy) is 1. The summed E-state index contributed by atoms with van der Waals surface area (Å²) < 4.78 is 5.53. The number of carbonyl (C=O) groups is 3. The van der Waals surface area contributed by atoms with Crippen molar-refractivity contribution in [2.75, 3.05) is 17.7 Å². The Balaban J connectivity index is 1.82. The van der Waals surface area contributed by atoms with Gasteiger partial charge in [-0.05, 0) is 36.8 Å². The van der Waals surface area contributed by atoms with Crippen LogP contribution in [0.5, 0.6) is 5.75 Å². The molecule has 0 aliphatic carbocycles. The molecule has 0 radical (unpaired) electrons. The zero-order valence-electron chi connectivity index (χ0n) is 16.8. The lowest BCUT2D eigenvalue weighted by Gasteiger charge is -2.25. The molecule has 162 valence electrons. The molecule has 1 saturated heterocycles. The lowest BCUT2D eigenvalue weighted by atomic mass is 10.1. The molecule has 1 atom stereocenters. The molecule has 31 heavy (non-hydrogen) atoms. The zero-order valence-corrected chi connectivity index (χ0v) is 17.6. The van der Waals surface area contributed by atoms with Crippen LogP contribution in [0.1, 0.15) is 35.1 Å². The summed E-state index contributed by atoms with van der Waals surface area (Å²) in [6.07, 6.45) is 0. The normalized spacial score (nSPS) is 15.5. The first-order valence-corrected chi connectivity index (χ1v) is 10.4. The third-order valence-electron chi connectivity index (χ3n) is 4.33. The highest BCUT2D eigenvalue weighted by molar-refractivity contribution is 8.00. The fourth-order valence-electron chi connectivity index (χ4n) is 2.99. The van der Waals surface area contributed by atoms with Gasteiger partial charge in [0.25, 0.3) is 17.5 Å². The third kappa shape index (κ3) is 5.12. The summed E-state index contributed by atoms with van der Waals surface area (Å²) in [7, 11) is 0. The summed E-state index contributed by atoms with van der Waals surface area (Å²) >= 11 is 1.30. The summed E-state index contributed by atoms with van der Waals surface area (Å²) in [4.78, 5) is 47.0. The highest BCUT2D eigenvalue weighted by atomic mass is 32.2. The summed E-state index contributed by atoms with van der Waals surface area (Å²) in [5.41, 5.74) is 3.87. The molecule has 10 nitrogen and oxygen atoms in total. The van der Waals surface area contributed by atoms with Crippen molar-refractivity contribution in [2.45, 2.75) is 19.2 Å². The molecule has 2 aromatic rings. The van der Waals surface area contributed by atoms with Gasteiger partial charge in [-0.2, -0.15) is 0 Å². The highest BCUT2D eigenvalue weighted by Crippen LogP contribution is 2.38. The van der Waals surface area contributed by atoms with Crippen LogP contribution in [0, 0.1) is 10.1 Å². The largest absolute Gasteiger partial charge is 0.493 e. The molecule has 1 aliphatic rings. The number of nitrogens with one attached hydrogen (secondary N) is 2. The van der Waals surface area contributed by atoms with Crippen molar-refractivity contribution in [3.8, 4) is 5.75 Å². The SMILES string of the molecule is CCOc1cc(NC(C)=O)ccc1C(=O)NN1C(=O)CSC1c1ccc([N+](=O)[O-])cc1. The number of amides is 3. The molecule has 2 N–H and O–H groups in total. The number of nitro benzene ring substituents is 1. The number of benzene rings is 2. The van der Waals surface area contributed by atoms with E-state index >= 15 is 0 Å². The molecule has 0 saturated carbocycles. The van der Waals surface area contributed by atoms with E-state index in [9.17, 15) is 24.5 Å². The van der Waals surface area contributed by atoms with E-state index < -0.39 is 16.2 Å². The predicted molar refractivity (Wildman–Crippen MR) is 115 cm³/mol. The van der Waals surface area contributed by atoms with Crippen LogP contribution < -0.4 is 15.5 Å². The molecule has 0 spiro atoms. The standard InChI is InChI=1S/C20H20N4O6S/c1-3-30-17-10-14(21-12(2)25)6-9-16(17)19(27)22-23-18(26)11-31-20(23)13-4-7-15(8-5-13)24(28)29/h4-10,20H,3,11H2,1-2H3,(H,21,25)(H,22,27). The number of nitro groups is 1. The number of hydrogen-bond acceptors (Lipinski definition) is 7. The number of anilines is 1. The van der Waals surface area contributed by atoms with Crippen molar-refractivity contribution < 1.29 is 24.0 Å². The Labute approximate surface area is 182 Å². The van der Waals surface area contributed by atoms with Gasteiger partial charge >= 0.3 is 0 Å². The number of hydrogen-bond donors (Lipinski definition) is 2. The Morgan fingerprint density at radius 3 is 2.58 bits per heavy atom. The van der Waals surface area contributed by atoms with E-state index in [2.05, 4.69) is 10.7 Å². The first kappa shape index (κ1) is 22.1. The highest BCUT2D eigenvalue weighted by Gasteiger charge is 2.35. The monoisotopic (exact) mass is 444 g/mol. The van der Waals surface area contributed by atoms with E-state index in [0.717, 1.165) is 0 Å². The molecule has 3 rings (SSSR count). The third-order valence-corrected chi connectivity index (χ3v) is 5.54. The quantitative estimate of drug-likeness (QED) is 0.496. The van der Waals surface area contributed by atoms with Crippen LogP contribution in [-0.2, 0) is 9.59 Å². The van der Waals surface area contributed by atoms with Crippen molar-refractivity contribution in [3.63, 3.8) is 0 Å². The minimum Gasteiger partial charge on any atom is -0.493 e. The van der Waals surface area contributed by atoms with Crippen LogP contribution in [0.4, 0.5) is 11.4 Å². The topological polar surface area (TPSA) is 131 Å². The fourth-order valence-corrected chi connectivity index (χ4v) is 4.10. The van der Waals surface area contributed by atoms with E-state index in [1.165, 1.54) is 48.0 Å². The summed E-state index contributed by atoms with van der Waals surface area (Å²) in [5.74, 6) is -0.695. The molecular formula is C20H20N4O6S. The maximum atomic E-state index is 12.9. The van der Waals surface area contributed by atoms with Crippen molar-refractivity contribution in [1.29, 1.82) is 0 Å². The van der Waals surface area contributed by atoms with Crippen LogP contribution in [0.25, 0.3) is 0 Å². The number of thioether (sulfide) groups is 1. The van der Waals surface area contributed by atoms with Crippen LogP contribution in [0.2, 0.25) is 0 Å². The molecule has 0 bridgehead atoms. The summed E-state index contributed by atoms with van der Waals surface area (Å²) in [5, 5.41) is 14.2. The molecule has 2 aromatic carbocycles. The van der Waals surface area contributed by atoms with Gasteiger partial charge in [-0.1, -0.05) is 0 Å². The number of nitrogens with zero attached hydrogens (tertiary/aromatic N) is 2. The second kappa shape index (κ2) is 9.47. The van der Waals surface area contributed by atoms with Gasteiger partial charge in [-0.25, -0.2) is 5.01 Å². The number of hydrazine groups is 1. The fraction of sp³-hybridized carbons (Fsp3) is 0.250. The van der Waals surface area contributed by atoms with Gasteiger partial charge in [0.05, 0.1) is 22.8 Å². The number of carbonyl (C=O) groups excluding carboxylic acids is 3. The van der Waals surface area contributed by atoms with Crippen molar-refractivity contribution in [3.05, 3.63) is 63.7 Å². The second-order valence-corrected chi connectivity index (χ2v) is 7.61. The van der Waals surface area contributed by atoms with Gasteiger partial charge < -0.3 is 10.1 Å². The Morgan fingerprint density at radius 1 is 1.26 bits per heavy atom. The maximum absolute atomic E-state index is 12.9. The molecular weight excluding hydrogens is 424 g/mol. The van der Waals surface area contributed by atoms with Crippen LogP contribution >= 0.6 is 11.8 Å². The number of rotatable bonds is 7. The average molecular weight is 444 g/mol. The molecule has 1 fully saturated rings. The molecule has 1 aliphatic heterocycles. The Bertz CT molecular complexity index is 1030. The Hall–Kier alpha value is -3.60. The van der Waals surface area contributed by atoms with Gasteiger partial charge in [0.2, 0.25) is 5.91 Å². The maximum Gasteiger partial charge on any atom is 0.273 e. The van der Waals surface area contributed by atoms with Crippen LogP contribution in [-0.4, -0.2) is 40.0 Å². The van der Waals surface area contributed by atoms with E-state index in [1.54, 1.807) is 25.1 Å². The van der Waals surface area contributed by atoms with Gasteiger partial charge in [0.15, 0.2) is 0 Å². The van der Waals surface area contributed by atoms with E-state index in [-0.39, 0.29) is 34.6 Å². The molecule has 3 amide bonds. The van der Waals surface area contributed by atoms with Gasteiger partial charge in [0.1, 0.15) is 11.1 Å². The minimum atomic E-state index is -0.555. The minimum absolute atomic E-state index is 0.0609.